The van der Waals surface area contributed by atoms with Gasteiger partial charge in [0.05, 0.1) is 18.3 Å². The van der Waals surface area contributed by atoms with Crippen LogP contribution in [0.3, 0.4) is 0 Å². The molecule has 1 aromatic heterocycles. The second-order valence-electron chi connectivity index (χ2n) is 13.4. The number of amides is 2. The Morgan fingerprint density at radius 1 is 0.905 bits per heavy atom. The van der Waals surface area contributed by atoms with Crippen LogP contribution in [0.5, 0.6) is 0 Å². The van der Waals surface area contributed by atoms with Crippen molar-refractivity contribution in [2.24, 2.45) is 5.92 Å². The van der Waals surface area contributed by atoms with Gasteiger partial charge < -0.3 is 24.3 Å². The summed E-state index contributed by atoms with van der Waals surface area (Å²) in [7, 11) is -2.35. The van der Waals surface area contributed by atoms with E-state index in [-0.39, 0.29) is 10.9 Å². The number of carbonyl (C=O) groups is 2. The van der Waals surface area contributed by atoms with Crippen molar-refractivity contribution in [3.63, 3.8) is 0 Å². The Morgan fingerprint density at radius 3 is 1.98 bits per heavy atom. The summed E-state index contributed by atoms with van der Waals surface area (Å²) in [6.07, 6.45) is 3.30. The Kier molecular flexibility index (Phi) is 11.1. The van der Waals surface area contributed by atoms with Gasteiger partial charge in [-0.1, -0.05) is 86.6 Å². The van der Waals surface area contributed by atoms with Gasteiger partial charge in [-0.15, -0.1) is 0 Å². The molecule has 8 nitrogen and oxygen atoms in total. The van der Waals surface area contributed by atoms with Crippen molar-refractivity contribution in [3.05, 3.63) is 84.3 Å². The van der Waals surface area contributed by atoms with Crippen LogP contribution in [0.4, 0.5) is 10.5 Å². The first-order valence-corrected chi connectivity index (χ1v) is 17.5. The molecule has 0 aliphatic heterocycles. The van der Waals surface area contributed by atoms with E-state index in [0.29, 0.717) is 24.9 Å². The number of hydrogen-bond acceptors (Lipinski definition) is 6. The molecule has 9 heteroatoms. The third-order valence-electron chi connectivity index (χ3n) is 7.61. The monoisotopic (exact) mass is 593 g/mol. The first-order chi connectivity index (χ1) is 19.6. The van der Waals surface area contributed by atoms with Gasteiger partial charge in [0.2, 0.25) is 5.91 Å². The lowest BCUT2D eigenvalue weighted by molar-refractivity contribution is -0.120. The lowest BCUT2D eigenvalue weighted by Crippen LogP contribution is -2.54. The fourth-order valence-electron chi connectivity index (χ4n) is 4.43. The second-order valence-corrected chi connectivity index (χ2v) is 18.1. The summed E-state index contributed by atoms with van der Waals surface area (Å²) in [5.41, 5.74) is 1.92. The van der Waals surface area contributed by atoms with Crippen LogP contribution in [0.1, 0.15) is 59.1 Å². The molecule has 0 radical (unpaired) electrons. The molecule has 0 aliphatic carbocycles. The van der Waals surface area contributed by atoms with Crippen molar-refractivity contribution >= 4 is 26.0 Å². The Labute approximate surface area is 251 Å². The van der Waals surface area contributed by atoms with Crippen LogP contribution in [0.15, 0.2) is 77.6 Å². The van der Waals surface area contributed by atoms with Gasteiger partial charge in [0.25, 0.3) is 0 Å². The molecule has 2 N–H and O–H groups in total. The average molecular weight is 594 g/mol. The Hall–Kier alpha value is -3.43. The molecule has 3 aromatic rings. The summed E-state index contributed by atoms with van der Waals surface area (Å²) in [5.74, 6) is -0.627. The zero-order chi connectivity index (χ0) is 31.0. The molecule has 0 fully saturated rings. The molecule has 0 saturated carbocycles. The number of nitrogens with zero attached hydrogens (tertiary/aromatic N) is 1. The highest BCUT2D eigenvalue weighted by atomic mass is 28.4. The molecule has 0 saturated heterocycles. The van der Waals surface area contributed by atoms with Gasteiger partial charge in [0, 0.05) is 5.92 Å². The van der Waals surface area contributed by atoms with E-state index in [9.17, 15) is 9.59 Å². The minimum Gasteiger partial charge on any atom is -0.444 e. The lowest BCUT2D eigenvalue weighted by atomic mass is 9.88. The average Bonchev–Trinajstić information content (AvgIpc) is 3.40. The summed E-state index contributed by atoms with van der Waals surface area (Å²) in [6, 6.07) is 19.5. The van der Waals surface area contributed by atoms with Gasteiger partial charge in [-0.3, -0.25) is 4.79 Å². The predicted molar refractivity (Wildman–Crippen MR) is 169 cm³/mol. The standard InChI is InChI=1S/C33H47N3O5Si/c1-32(2,3)40-31(38)36-28(20-25-17-13-10-14-18-25)29(41-42(7,8)33(4,5)6)21-26(19-24-15-11-9-12-16-24)30(37)35-27-22-34-39-23-27/h9-18,22-23,26,28-29H,19-21H2,1-8H3,(H,35,37)(H,36,38)/t26-,28+,29+/m1/s1. The topological polar surface area (TPSA) is 103 Å². The van der Waals surface area contributed by atoms with E-state index in [1.54, 1.807) is 0 Å². The van der Waals surface area contributed by atoms with E-state index < -0.39 is 38.1 Å². The molecular formula is C33H47N3O5Si. The molecule has 0 bridgehead atoms. The normalized spacial score (nSPS) is 14.5. The summed E-state index contributed by atoms with van der Waals surface area (Å²) in [5, 5.41) is 9.71. The molecule has 42 heavy (non-hydrogen) atoms. The van der Waals surface area contributed by atoms with Gasteiger partial charge in [0.15, 0.2) is 8.32 Å². The fourth-order valence-corrected chi connectivity index (χ4v) is 5.80. The third-order valence-corrected chi connectivity index (χ3v) is 12.1. The highest BCUT2D eigenvalue weighted by Crippen LogP contribution is 2.39. The van der Waals surface area contributed by atoms with Gasteiger partial charge in [0.1, 0.15) is 17.6 Å². The number of nitrogens with one attached hydrogen (secondary N) is 2. The second kappa shape index (κ2) is 14.2. The number of hydrogen-bond donors (Lipinski definition) is 2. The van der Waals surface area contributed by atoms with E-state index in [1.807, 2.05) is 81.4 Å². The minimum absolute atomic E-state index is 0.0892. The zero-order valence-corrected chi connectivity index (χ0v) is 27.3. The SMILES string of the molecule is CC(C)(C)OC(=O)N[C@@H](Cc1ccccc1)[C@H](C[C@@H](Cc1ccccc1)C(=O)Nc1cnoc1)O[Si](C)(C)C(C)(C)C. The maximum atomic E-state index is 13.8. The van der Waals surface area contributed by atoms with Crippen LogP contribution < -0.4 is 10.6 Å². The predicted octanol–water partition coefficient (Wildman–Crippen LogP) is 7.39. The van der Waals surface area contributed by atoms with Crippen LogP contribution in [-0.2, 0) is 26.8 Å². The molecule has 0 spiro atoms. The maximum absolute atomic E-state index is 13.8. The molecule has 228 valence electrons. The first-order valence-electron chi connectivity index (χ1n) is 14.6. The van der Waals surface area contributed by atoms with Crippen LogP contribution in [-0.4, -0.2) is 43.2 Å². The number of rotatable bonds is 12. The van der Waals surface area contributed by atoms with E-state index >= 15 is 0 Å². The maximum Gasteiger partial charge on any atom is 0.407 e. The van der Waals surface area contributed by atoms with Gasteiger partial charge >= 0.3 is 6.09 Å². The van der Waals surface area contributed by atoms with Crippen LogP contribution in [0.25, 0.3) is 0 Å². The van der Waals surface area contributed by atoms with Gasteiger partial charge in [-0.05, 0) is 69.3 Å². The summed E-state index contributed by atoms with van der Waals surface area (Å²) in [6.45, 7) is 16.5. The number of ether oxygens (including phenoxy) is 1. The Morgan fingerprint density at radius 2 is 1.48 bits per heavy atom. The van der Waals surface area contributed by atoms with E-state index in [1.165, 1.54) is 12.5 Å². The number of aromatic nitrogens is 1. The summed E-state index contributed by atoms with van der Waals surface area (Å²) < 4.78 is 17.7. The largest absolute Gasteiger partial charge is 0.444 e. The van der Waals surface area contributed by atoms with Crippen molar-refractivity contribution in [3.8, 4) is 0 Å². The fraction of sp³-hybridized carbons (Fsp3) is 0.485. The number of carbonyl (C=O) groups excluding carboxylic acids is 2. The van der Waals surface area contributed by atoms with Crippen molar-refractivity contribution < 1.29 is 23.3 Å². The third kappa shape index (κ3) is 10.4. The van der Waals surface area contributed by atoms with E-state index in [4.69, 9.17) is 13.7 Å². The van der Waals surface area contributed by atoms with Crippen molar-refractivity contribution in [1.29, 1.82) is 0 Å². The van der Waals surface area contributed by atoms with E-state index in [2.05, 4.69) is 49.7 Å². The number of benzene rings is 2. The summed E-state index contributed by atoms with van der Waals surface area (Å²) >= 11 is 0. The van der Waals surface area contributed by atoms with Crippen LogP contribution in [0, 0.1) is 5.92 Å². The smallest absolute Gasteiger partial charge is 0.407 e. The molecule has 2 amide bonds. The van der Waals surface area contributed by atoms with Crippen molar-refractivity contribution in [2.75, 3.05) is 5.32 Å². The highest BCUT2D eigenvalue weighted by molar-refractivity contribution is 6.74. The molecule has 3 atom stereocenters. The Balaban J connectivity index is 2.02. The lowest BCUT2D eigenvalue weighted by Gasteiger charge is -2.42. The molecule has 3 rings (SSSR count). The molecule has 0 unspecified atom stereocenters. The van der Waals surface area contributed by atoms with Gasteiger partial charge in [-0.2, -0.15) is 0 Å². The zero-order valence-electron chi connectivity index (χ0n) is 26.3. The van der Waals surface area contributed by atoms with Gasteiger partial charge in [-0.25, -0.2) is 4.79 Å². The van der Waals surface area contributed by atoms with Crippen LogP contribution >= 0.6 is 0 Å². The van der Waals surface area contributed by atoms with Crippen LogP contribution in [0.2, 0.25) is 18.1 Å². The number of alkyl carbamates (subject to hydrolysis) is 1. The highest BCUT2D eigenvalue weighted by Gasteiger charge is 2.42. The molecule has 1 heterocycles. The van der Waals surface area contributed by atoms with Crippen molar-refractivity contribution in [2.45, 2.75) is 96.7 Å². The minimum atomic E-state index is -2.35. The first kappa shape index (κ1) is 33.1. The molecule has 0 aliphatic rings. The molecule has 2 aromatic carbocycles. The molecular weight excluding hydrogens is 546 g/mol. The Bertz CT molecular complexity index is 1250. The quantitative estimate of drug-likeness (QED) is 0.212. The van der Waals surface area contributed by atoms with E-state index in [0.717, 1.165) is 11.1 Å². The summed E-state index contributed by atoms with van der Waals surface area (Å²) in [4.78, 5) is 26.9. The number of anilines is 1. The van der Waals surface area contributed by atoms with Crippen molar-refractivity contribution in [1.82, 2.24) is 10.5 Å².